The van der Waals surface area contributed by atoms with Crippen molar-refractivity contribution in [3.05, 3.63) is 40.8 Å². The summed E-state index contributed by atoms with van der Waals surface area (Å²) in [6.45, 7) is 0. The maximum absolute atomic E-state index is 12.8. The molecule has 0 unspecified atom stereocenters. The first-order valence-corrected chi connectivity index (χ1v) is 9.69. The van der Waals surface area contributed by atoms with Gasteiger partial charge >= 0.3 is 0 Å². The van der Waals surface area contributed by atoms with Crippen molar-refractivity contribution in [3.63, 3.8) is 0 Å². The van der Waals surface area contributed by atoms with Crippen LogP contribution in [0.5, 0.6) is 0 Å². The normalized spacial score (nSPS) is 14.3. The van der Waals surface area contributed by atoms with E-state index in [1.165, 1.54) is 11.3 Å². The van der Waals surface area contributed by atoms with Crippen molar-refractivity contribution in [2.45, 2.75) is 31.7 Å². The zero-order valence-corrected chi connectivity index (χ0v) is 15.5. The van der Waals surface area contributed by atoms with Crippen LogP contribution in [0.2, 0.25) is 0 Å². The molecule has 6 nitrogen and oxygen atoms in total. The lowest BCUT2D eigenvalue weighted by Gasteiger charge is -2.11. The van der Waals surface area contributed by atoms with E-state index in [0.717, 1.165) is 31.2 Å². The predicted molar refractivity (Wildman–Crippen MR) is 108 cm³/mol. The van der Waals surface area contributed by atoms with E-state index in [-0.39, 0.29) is 23.3 Å². The van der Waals surface area contributed by atoms with Crippen molar-refractivity contribution in [1.82, 2.24) is 10.3 Å². The summed E-state index contributed by atoms with van der Waals surface area (Å²) in [5, 5.41) is 13.3. The quantitative estimate of drug-likeness (QED) is 0.643. The summed E-state index contributed by atoms with van der Waals surface area (Å²) in [5.74, 6) is -0.0358. The summed E-state index contributed by atoms with van der Waals surface area (Å²) in [6, 6.07) is 11.8. The SMILES string of the molecule is N#Cc1c(N)nc2sc(C(=O)NC3CCCC3)c(N)c2c1-c1ccccc1. The molecule has 0 spiro atoms. The fourth-order valence-electron chi connectivity index (χ4n) is 3.67. The highest BCUT2D eigenvalue weighted by Crippen LogP contribution is 2.42. The number of thiophene rings is 1. The Morgan fingerprint density at radius 1 is 1.22 bits per heavy atom. The average Bonchev–Trinajstić information content (AvgIpc) is 3.29. The maximum Gasteiger partial charge on any atom is 0.263 e. The highest BCUT2D eigenvalue weighted by molar-refractivity contribution is 7.21. The van der Waals surface area contributed by atoms with Crippen LogP contribution in [0.4, 0.5) is 11.5 Å². The van der Waals surface area contributed by atoms with E-state index >= 15 is 0 Å². The van der Waals surface area contributed by atoms with Crippen molar-refractivity contribution in [2.24, 2.45) is 0 Å². The van der Waals surface area contributed by atoms with Crippen LogP contribution < -0.4 is 16.8 Å². The summed E-state index contributed by atoms with van der Waals surface area (Å²) < 4.78 is 0. The number of hydrogen-bond acceptors (Lipinski definition) is 6. The smallest absolute Gasteiger partial charge is 0.263 e. The molecule has 1 saturated carbocycles. The standard InChI is InChI=1S/C20H19N5OS/c21-10-13-14(11-6-2-1-3-7-11)15-16(22)17(27-20(15)25-18(13)23)19(26)24-12-8-4-5-9-12/h1-3,6-7,12H,4-5,8-9,22H2,(H2,23,25)(H,24,26). The van der Waals surface area contributed by atoms with E-state index in [9.17, 15) is 10.1 Å². The molecule has 136 valence electrons. The summed E-state index contributed by atoms with van der Waals surface area (Å²) in [4.78, 5) is 18.1. The van der Waals surface area contributed by atoms with Gasteiger partial charge in [0.1, 0.15) is 27.2 Å². The summed E-state index contributed by atoms with van der Waals surface area (Å²) in [5.41, 5.74) is 14.5. The topological polar surface area (TPSA) is 118 Å². The van der Waals surface area contributed by atoms with Gasteiger partial charge in [-0.25, -0.2) is 4.98 Å². The van der Waals surface area contributed by atoms with Crippen molar-refractivity contribution in [3.8, 4) is 17.2 Å². The van der Waals surface area contributed by atoms with E-state index in [0.29, 0.717) is 26.3 Å². The zero-order chi connectivity index (χ0) is 19.0. The Morgan fingerprint density at radius 2 is 1.93 bits per heavy atom. The van der Waals surface area contributed by atoms with E-state index < -0.39 is 0 Å². The number of rotatable bonds is 3. The van der Waals surface area contributed by atoms with Gasteiger partial charge in [0.15, 0.2) is 0 Å². The number of nitrogen functional groups attached to an aromatic ring is 2. The molecule has 2 aromatic heterocycles. The predicted octanol–water partition coefficient (Wildman–Crippen LogP) is 3.67. The van der Waals surface area contributed by atoms with Gasteiger partial charge in [0.25, 0.3) is 5.91 Å². The fraction of sp³-hybridized carbons (Fsp3) is 0.250. The highest BCUT2D eigenvalue weighted by atomic mass is 32.1. The lowest BCUT2D eigenvalue weighted by molar-refractivity contribution is 0.0943. The molecule has 4 rings (SSSR count). The number of nitrogens with one attached hydrogen (secondary N) is 1. The molecule has 1 amide bonds. The molecular weight excluding hydrogens is 358 g/mol. The van der Waals surface area contributed by atoms with Crippen molar-refractivity contribution < 1.29 is 4.79 Å². The summed E-state index contributed by atoms with van der Waals surface area (Å²) >= 11 is 1.22. The van der Waals surface area contributed by atoms with Crippen LogP contribution in [0.25, 0.3) is 21.3 Å². The number of carbonyl (C=O) groups is 1. The molecule has 2 heterocycles. The Bertz CT molecular complexity index is 1060. The first kappa shape index (κ1) is 17.3. The molecule has 27 heavy (non-hydrogen) atoms. The number of pyridine rings is 1. The minimum atomic E-state index is -0.182. The molecule has 0 saturated heterocycles. The van der Waals surface area contributed by atoms with Crippen LogP contribution in [0.15, 0.2) is 30.3 Å². The number of amides is 1. The third kappa shape index (κ3) is 2.98. The molecule has 0 bridgehead atoms. The summed E-state index contributed by atoms with van der Waals surface area (Å²) in [6.07, 6.45) is 4.26. The largest absolute Gasteiger partial charge is 0.397 e. The Hall–Kier alpha value is -3.11. The minimum absolute atomic E-state index is 0.146. The third-order valence-corrected chi connectivity index (χ3v) is 6.07. The van der Waals surface area contributed by atoms with Gasteiger partial charge in [0.05, 0.1) is 5.69 Å². The fourth-order valence-corrected chi connectivity index (χ4v) is 4.68. The highest BCUT2D eigenvalue weighted by Gasteiger charge is 2.26. The van der Waals surface area contributed by atoms with Gasteiger partial charge in [-0.15, -0.1) is 11.3 Å². The Morgan fingerprint density at radius 3 is 2.59 bits per heavy atom. The van der Waals surface area contributed by atoms with Crippen molar-refractivity contribution in [2.75, 3.05) is 11.5 Å². The zero-order valence-electron chi connectivity index (χ0n) is 14.7. The maximum atomic E-state index is 12.8. The van der Waals surface area contributed by atoms with E-state index in [2.05, 4.69) is 16.4 Å². The number of carbonyl (C=O) groups excluding carboxylic acids is 1. The van der Waals surface area contributed by atoms with E-state index in [1.807, 2.05) is 30.3 Å². The monoisotopic (exact) mass is 377 g/mol. The number of anilines is 2. The molecule has 1 fully saturated rings. The van der Waals surface area contributed by atoms with Crippen LogP contribution in [-0.2, 0) is 0 Å². The second-order valence-electron chi connectivity index (χ2n) is 6.70. The second kappa shape index (κ2) is 6.89. The van der Waals surface area contributed by atoms with Gasteiger partial charge in [-0.1, -0.05) is 43.2 Å². The molecule has 0 atom stereocenters. The molecular formula is C20H19N5OS. The number of nitrogens with two attached hydrogens (primary N) is 2. The number of benzene rings is 1. The van der Waals surface area contributed by atoms with E-state index in [4.69, 9.17) is 11.5 Å². The minimum Gasteiger partial charge on any atom is -0.397 e. The molecule has 3 aromatic rings. The Balaban J connectivity index is 1.89. The Kier molecular flexibility index (Phi) is 4.42. The van der Waals surface area contributed by atoms with Gasteiger partial charge < -0.3 is 16.8 Å². The van der Waals surface area contributed by atoms with Gasteiger partial charge in [-0.2, -0.15) is 5.26 Å². The number of fused-ring (bicyclic) bond motifs is 1. The van der Waals surface area contributed by atoms with Crippen molar-refractivity contribution in [1.29, 1.82) is 5.26 Å². The number of nitriles is 1. The first-order valence-electron chi connectivity index (χ1n) is 8.88. The van der Waals surface area contributed by atoms with Crippen LogP contribution in [0, 0.1) is 11.3 Å². The van der Waals surface area contributed by atoms with Gasteiger partial charge in [0.2, 0.25) is 0 Å². The number of hydrogen-bond donors (Lipinski definition) is 3. The molecule has 0 aliphatic heterocycles. The molecule has 1 aliphatic carbocycles. The second-order valence-corrected chi connectivity index (χ2v) is 7.70. The average molecular weight is 377 g/mol. The van der Waals surface area contributed by atoms with Gasteiger partial charge in [-0.3, -0.25) is 4.79 Å². The van der Waals surface area contributed by atoms with Crippen LogP contribution in [-0.4, -0.2) is 16.9 Å². The van der Waals surface area contributed by atoms with E-state index in [1.54, 1.807) is 0 Å². The van der Waals surface area contributed by atoms with Gasteiger partial charge in [0, 0.05) is 17.0 Å². The number of nitrogens with zero attached hydrogens (tertiary/aromatic N) is 2. The van der Waals surface area contributed by atoms with Crippen LogP contribution in [0.3, 0.4) is 0 Å². The molecule has 1 aromatic carbocycles. The van der Waals surface area contributed by atoms with Crippen LogP contribution in [0.1, 0.15) is 40.9 Å². The lowest BCUT2D eigenvalue weighted by atomic mass is 9.97. The first-order chi connectivity index (χ1) is 13.1. The third-order valence-electron chi connectivity index (χ3n) is 4.98. The van der Waals surface area contributed by atoms with Crippen molar-refractivity contribution >= 4 is 39.0 Å². The lowest BCUT2D eigenvalue weighted by Crippen LogP contribution is -2.32. The number of aromatic nitrogens is 1. The summed E-state index contributed by atoms with van der Waals surface area (Å²) in [7, 11) is 0. The Labute approximate surface area is 160 Å². The van der Waals surface area contributed by atoms with Crippen LogP contribution >= 0.6 is 11.3 Å². The molecule has 1 aliphatic rings. The molecule has 5 N–H and O–H groups in total. The molecule has 7 heteroatoms. The van der Waals surface area contributed by atoms with Gasteiger partial charge in [-0.05, 0) is 18.4 Å². The molecule has 0 radical (unpaired) electrons.